The van der Waals surface area contributed by atoms with Gasteiger partial charge in [0.2, 0.25) is 0 Å². The number of halogens is 3. The van der Waals surface area contributed by atoms with Crippen LogP contribution in [0.1, 0.15) is 12.5 Å². The summed E-state index contributed by atoms with van der Waals surface area (Å²) in [5, 5.41) is 0.603. The number of carbonyl (C=O) groups is 1. The molecule has 0 N–H and O–H groups in total. The van der Waals surface area contributed by atoms with E-state index in [9.17, 15) is 4.79 Å². The first-order valence-corrected chi connectivity index (χ1v) is 5.28. The molecular formula is C10H9Cl3O. The highest BCUT2D eigenvalue weighted by Crippen LogP contribution is 2.23. The van der Waals surface area contributed by atoms with Gasteiger partial charge in [0.15, 0.2) is 0 Å². The molecule has 1 unspecified atom stereocenters. The molecular weight excluding hydrogens is 242 g/mol. The molecule has 1 aromatic rings. The second-order valence-electron chi connectivity index (χ2n) is 3.02. The highest BCUT2D eigenvalue weighted by molar-refractivity contribution is 6.35. The first-order valence-electron chi connectivity index (χ1n) is 4.09. The molecule has 0 fully saturated rings. The molecule has 0 saturated heterocycles. The predicted molar refractivity (Wildman–Crippen MR) is 60.5 cm³/mol. The summed E-state index contributed by atoms with van der Waals surface area (Å²) in [5.41, 5.74) is 0.839. The summed E-state index contributed by atoms with van der Waals surface area (Å²) in [4.78, 5) is 10.9. The van der Waals surface area contributed by atoms with Crippen molar-refractivity contribution in [2.45, 2.75) is 18.7 Å². The Bertz CT molecular complexity index is 349. The van der Waals surface area contributed by atoms with E-state index in [0.717, 1.165) is 5.56 Å². The number of hydrogen-bond acceptors (Lipinski definition) is 1. The lowest BCUT2D eigenvalue weighted by Crippen LogP contribution is -2.13. The molecule has 0 amide bonds. The van der Waals surface area contributed by atoms with E-state index in [-0.39, 0.29) is 5.78 Å². The van der Waals surface area contributed by atoms with E-state index in [1.807, 2.05) is 0 Å². The SMILES string of the molecule is CC(=O)C(Cl)Cc1ccc(Cl)cc1Cl. The molecule has 0 aliphatic heterocycles. The molecule has 0 spiro atoms. The lowest BCUT2D eigenvalue weighted by atomic mass is 10.1. The van der Waals surface area contributed by atoms with Crippen LogP contribution in [-0.4, -0.2) is 11.2 Å². The molecule has 0 radical (unpaired) electrons. The van der Waals surface area contributed by atoms with Gasteiger partial charge in [-0.1, -0.05) is 29.3 Å². The minimum absolute atomic E-state index is 0.0577. The van der Waals surface area contributed by atoms with E-state index in [4.69, 9.17) is 34.8 Å². The summed E-state index contributed by atoms with van der Waals surface area (Å²) in [6, 6.07) is 5.15. The maximum Gasteiger partial charge on any atom is 0.147 e. The molecule has 76 valence electrons. The van der Waals surface area contributed by atoms with E-state index in [1.54, 1.807) is 18.2 Å². The Morgan fingerprint density at radius 1 is 1.43 bits per heavy atom. The third kappa shape index (κ3) is 3.16. The first-order chi connectivity index (χ1) is 6.50. The van der Waals surface area contributed by atoms with Crippen LogP contribution in [0.3, 0.4) is 0 Å². The lowest BCUT2D eigenvalue weighted by molar-refractivity contribution is -0.116. The highest BCUT2D eigenvalue weighted by Gasteiger charge is 2.12. The van der Waals surface area contributed by atoms with Crippen LogP contribution in [0.2, 0.25) is 10.0 Å². The van der Waals surface area contributed by atoms with E-state index in [0.29, 0.717) is 16.5 Å². The molecule has 0 heterocycles. The molecule has 0 aromatic heterocycles. The average molecular weight is 252 g/mol. The zero-order chi connectivity index (χ0) is 10.7. The molecule has 1 rings (SSSR count). The molecule has 4 heteroatoms. The van der Waals surface area contributed by atoms with Crippen molar-refractivity contribution in [3.05, 3.63) is 33.8 Å². The summed E-state index contributed by atoms with van der Waals surface area (Å²) >= 11 is 17.5. The Kier molecular flexibility index (Phi) is 4.24. The monoisotopic (exact) mass is 250 g/mol. The van der Waals surface area contributed by atoms with Gasteiger partial charge in [0.1, 0.15) is 5.78 Å². The molecule has 14 heavy (non-hydrogen) atoms. The van der Waals surface area contributed by atoms with Gasteiger partial charge >= 0.3 is 0 Å². The van der Waals surface area contributed by atoms with E-state index in [1.165, 1.54) is 6.92 Å². The van der Waals surface area contributed by atoms with Gasteiger partial charge in [0.25, 0.3) is 0 Å². The summed E-state index contributed by atoms with van der Waals surface area (Å²) in [6.07, 6.45) is 0.437. The fourth-order valence-electron chi connectivity index (χ4n) is 1.02. The number of alkyl halides is 1. The number of ketones is 1. The number of Topliss-reactive ketones (excluding diaryl/α,β-unsaturated/α-hetero) is 1. The lowest BCUT2D eigenvalue weighted by Gasteiger charge is -2.07. The largest absolute Gasteiger partial charge is 0.298 e. The van der Waals surface area contributed by atoms with Crippen molar-refractivity contribution in [3.8, 4) is 0 Å². The molecule has 0 saturated carbocycles. The van der Waals surface area contributed by atoms with Gasteiger partial charge in [0.05, 0.1) is 5.38 Å². The Morgan fingerprint density at radius 2 is 2.07 bits per heavy atom. The fourth-order valence-corrected chi connectivity index (χ4v) is 1.68. The Labute approximate surface area is 98.0 Å². The molecule has 0 aliphatic rings. The minimum atomic E-state index is -0.520. The van der Waals surface area contributed by atoms with Crippen LogP contribution in [0.25, 0.3) is 0 Å². The Balaban J connectivity index is 2.82. The maximum absolute atomic E-state index is 10.9. The van der Waals surface area contributed by atoms with Crippen molar-refractivity contribution in [1.82, 2.24) is 0 Å². The Hall–Kier alpha value is -0.240. The van der Waals surface area contributed by atoms with Crippen molar-refractivity contribution in [1.29, 1.82) is 0 Å². The summed E-state index contributed by atoms with van der Waals surface area (Å²) in [5.74, 6) is -0.0577. The van der Waals surface area contributed by atoms with Crippen LogP contribution in [0.15, 0.2) is 18.2 Å². The summed E-state index contributed by atoms with van der Waals surface area (Å²) in [7, 11) is 0. The summed E-state index contributed by atoms with van der Waals surface area (Å²) < 4.78 is 0. The summed E-state index contributed by atoms with van der Waals surface area (Å²) in [6.45, 7) is 1.46. The predicted octanol–water partition coefficient (Wildman–Crippen LogP) is 3.73. The smallest absolute Gasteiger partial charge is 0.147 e. The second kappa shape index (κ2) is 5.01. The number of carbonyl (C=O) groups excluding carboxylic acids is 1. The van der Waals surface area contributed by atoms with Gasteiger partial charge < -0.3 is 0 Å². The maximum atomic E-state index is 10.9. The van der Waals surface area contributed by atoms with Crippen LogP contribution in [0.4, 0.5) is 0 Å². The third-order valence-corrected chi connectivity index (χ3v) is 2.90. The van der Waals surface area contributed by atoms with Crippen molar-refractivity contribution in [2.75, 3.05) is 0 Å². The standard InChI is InChI=1S/C10H9Cl3O/c1-6(14)9(12)4-7-2-3-8(11)5-10(7)13/h2-3,5,9H,4H2,1H3. The third-order valence-electron chi connectivity index (χ3n) is 1.86. The minimum Gasteiger partial charge on any atom is -0.298 e. The molecule has 1 aromatic carbocycles. The Morgan fingerprint density at radius 3 is 2.57 bits per heavy atom. The second-order valence-corrected chi connectivity index (χ2v) is 4.39. The molecule has 1 nitrogen and oxygen atoms in total. The quantitative estimate of drug-likeness (QED) is 0.748. The van der Waals surface area contributed by atoms with Crippen molar-refractivity contribution in [3.63, 3.8) is 0 Å². The first kappa shape index (κ1) is 11.8. The van der Waals surface area contributed by atoms with Crippen molar-refractivity contribution in [2.24, 2.45) is 0 Å². The van der Waals surface area contributed by atoms with Gasteiger partial charge in [-0.05, 0) is 31.0 Å². The molecule has 0 bridgehead atoms. The van der Waals surface area contributed by atoms with Gasteiger partial charge in [-0.3, -0.25) is 4.79 Å². The van der Waals surface area contributed by atoms with Gasteiger partial charge in [-0.2, -0.15) is 0 Å². The van der Waals surface area contributed by atoms with Crippen molar-refractivity contribution >= 4 is 40.6 Å². The van der Waals surface area contributed by atoms with Gasteiger partial charge in [0, 0.05) is 10.0 Å². The zero-order valence-electron chi connectivity index (χ0n) is 7.56. The van der Waals surface area contributed by atoms with Crippen LogP contribution >= 0.6 is 34.8 Å². The van der Waals surface area contributed by atoms with Gasteiger partial charge in [-0.25, -0.2) is 0 Å². The topological polar surface area (TPSA) is 17.1 Å². The number of hydrogen-bond donors (Lipinski definition) is 0. The van der Waals surface area contributed by atoms with E-state index >= 15 is 0 Å². The zero-order valence-corrected chi connectivity index (χ0v) is 9.83. The molecule has 1 atom stereocenters. The van der Waals surface area contributed by atoms with Crippen molar-refractivity contribution < 1.29 is 4.79 Å². The molecule has 0 aliphatic carbocycles. The van der Waals surface area contributed by atoms with Crippen LogP contribution in [0, 0.1) is 0 Å². The van der Waals surface area contributed by atoms with E-state index in [2.05, 4.69) is 0 Å². The number of rotatable bonds is 3. The normalized spacial score (nSPS) is 12.6. The van der Waals surface area contributed by atoms with Crippen LogP contribution < -0.4 is 0 Å². The number of benzene rings is 1. The van der Waals surface area contributed by atoms with E-state index < -0.39 is 5.38 Å². The fraction of sp³-hybridized carbons (Fsp3) is 0.300. The van der Waals surface area contributed by atoms with Gasteiger partial charge in [-0.15, -0.1) is 11.6 Å². The van der Waals surface area contributed by atoms with Crippen LogP contribution in [-0.2, 0) is 11.2 Å². The van der Waals surface area contributed by atoms with Crippen LogP contribution in [0.5, 0.6) is 0 Å². The average Bonchev–Trinajstić information content (AvgIpc) is 2.09. The highest BCUT2D eigenvalue weighted by atomic mass is 35.5.